The zero-order valence-corrected chi connectivity index (χ0v) is 14.2. The largest absolute Gasteiger partial charge is 0.348 e. The van der Waals surface area contributed by atoms with E-state index in [1.807, 2.05) is 18.2 Å². The van der Waals surface area contributed by atoms with E-state index in [1.54, 1.807) is 24.3 Å². The molecule has 136 valence electrons. The van der Waals surface area contributed by atoms with Crippen molar-refractivity contribution in [2.45, 2.75) is 25.2 Å². The Morgan fingerprint density at radius 2 is 1.81 bits per heavy atom. The molecule has 7 nitrogen and oxygen atoms in total. The molecule has 2 atom stereocenters. The topological polar surface area (TPSA) is 90.7 Å². The van der Waals surface area contributed by atoms with Crippen molar-refractivity contribution in [3.63, 3.8) is 0 Å². The predicted molar refractivity (Wildman–Crippen MR) is 94.7 cm³/mol. The Morgan fingerprint density at radius 1 is 1.08 bits per heavy atom. The van der Waals surface area contributed by atoms with E-state index < -0.39 is 11.2 Å². The highest BCUT2D eigenvalue weighted by molar-refractivity contribution is 5.94. The normalized spacial score (nSPS) is 20.6. The number of hydrogen-bond donors (Lipinski definition) is 1. The Balaban J connectivity index is 1.61. The maximum absolute atomic E-state index is 12.3. The van der Waals surface area contributed by atoms with Gasteiger partial charge in [0.1, 0.15) is 0 Å². The van der Waals surface area contributed by atoms with Crippen LogP contribution < -0.4 is 5.32 Å². The highest BCUT2D eigenvalue weighted by Crippen LogP contribution is 2.24. The molecule has 0 aliphatic carbocycles. The van der Waals surface area contributed by atoms with Crippen LogP contribution in [0, 0.1) is 10.1 Å². The molecule has 2 aromatic carbocycles. The van der Waals surface area contributed by atoms with Gasteiger partial charge in [0, 0.05) is 23.3 Å². The minimum atomic E-state index is -0.604. The van der Waals surface area contributed by atoms with Crippen molar-refractivity contribution in [3.05, 3.63) is 75.8 Å². The van der Waals surface area contributed by atoms with Gasteiger partial charge in [-0.05, 0) is 37.1 Å². The van der Waals surface area contributed by atoms with Gasteiger partial charge in [0.15, 0.2) is 6.29 Å². The number of non-ortho nitro benzene ring substituents is 1. The van der Waals surface area contributed by atoms with Crippen molar-refractivity contribution in [2.75, 3.05) is 13.2 Å². The zero-order valence-electron chi connectivity index (χ0n) is 14.2. The Morgan fingerprint density at radius 3 is 2.50 bits per heavy atom. The van der Waals surface area contributed by atoms with E-state index in [2.05, 4.69) is 5.32 Å². The minimum Gasteiger partial charge on any atom is -0.348 e. The number of amides is 1. The van der Waals surface area contributed by atoms with E-state index in [-0.39, 0.29) is 17.6 Å². The Kier molecular flexibility index (Phi) is 5.93. The third-order valence-electron chi connectivity index (χ3n) is 4.16. The summed E-state index contributed by atoms with van der Waals surface area (Å²) in [6.07, 6.45) is 0.935. The summed E-state index contributed by atoms with van der Waals surface area (Å²) in [6.45, 7) is 0.791. The molecule has 0 unspecified atom stereocenters. The second-order valence-electron chi connectivity index (χ2n) is 6.06. The summed E-state index contributed by atoms with van der Waals surface area (Å²) in [5.41, 5.74) is 1.34. The molecule has 1 amide bonds. The SMILES string of the molecule is O=C(N[C@@H]1CCCO[C@@H](c2ccc([N+](=O)[O-])cc2)OC1)c1ccccc1. The number of nitrogens with zero attached hydrogens (tertiary/aromatic N) is 1. The van der Waals surface area contributed by atoms with Crippen molar-refractivity contribution in [3.8, 4) is 0 Å². The first kappa shape index (κ1) is 18.0. The standard InChI is InChI=1S/C19H20N2O5/c22-18(14-5-2-1-3-6-14)20-16-7-4-12-25-19(26-13-16)15-8-10-17(11-9-15)21(23)24/h1-3,5-6,8-11,16,19H,4,7,12-13H2,(H,20,22)/t16-,19-/m1/s1. The molecule has 3 rings (SSSR count). The summed E-state index contributed by atoms with van der Waals surface area (Å²) in [7, 11) is 0. The average Bonchev–Trinajstić information content (AvgIpc) is 2.65. The smallest absolute Gasteiger partial charge is 0.269 e. The van der Waals surface area contributed by atoms with Crippen LogP contribution in [0.2, 0.25) is 0 Å². The van der Waals surface area contributed by atoms with Crippen molar-refractivity contribution in [1.82, 2.24) is 5.32 Å². The van der Waals surface area contributed by atoms with Gasteiger partial charge >= 0.3 is 0 Å². The van der Waals surface area contributed by atoms with Crippen LogP contribution in [0.25, 0.3) is 0 Å². The van der Waals surface area contributed by atoms with E-state index in [1.165, 1.54) is 12.1 Å². The van der Waals surface area contributed by atoms with Gasteiger partial charge in [0.25, 0.3) is 11.6 Å². The third kappa shape index (κ3) is 4.65. The van der Waals surface area contributed by atoms with Gasteiger partial charge in [-0.2, -0.15) is 0 Å². The number of rotatable bonds is 4. The predicted octanol–water partition coefficient (Wildman–Crippen LogP) is 3.22. The number of benzene rings is 2. The van der Waals surface area contributed by atoms with Crippen LogP contribution in [0.15, 0.2) is 54.6 Å². The van der Waals surface area contributed by atoms with Gasteiger partial charge < -0.3 is 14.8 Å². The molecule has 0 saturated carbocycles. The molecular formula is C19H20N2O5. The second kappa shape index (κ2) is 8.55. The number of ether oxygens (including phenoxy) is 2. The molecule has 26 heavy (non-hydrogen) atoms. The van der Waals surface area contributed by atoms with Crippen LogP contribution in [-0.2, 0) is 9.47 Å². The minimum absolute atomic E-state index is 0.0209. The van der Waals surface area contributed by atoms with Crippen LogP contribution in [0.5, 0.6) is 0 Å². The van der Waals surface area contributed by atoms with E-state index >= 15 is 0 Å². The third-order valence-corrected chi connectivity index (χ3v) is 4.16. The Hall–Kier alpha value is -2.77. The van der Waals surface area contributed by atoms with E-state index in [0.29, 0.717) is 24.3 Å². The lowest BCUT2D eigenvalue weighted by Crippen LogP contribution is -2.39. The molecule has 1 aliphatic rings. The summed E-state index contributed by atoms with van der Waals surface area (Å²) in [5.74, 6) is -0.132. The summed E-state index contributed by atoms with van der Waals surface area (Å²) in [5, 5.41) is 13.7. The lowest BCUT2D eigenvalue weighted by Gasteiger charge is -2.27. The van der Waals surface area contributed by atoms with Crippen LogP contribution in [0.1, 0.15) is 35.1 Å². The molecule has 1 aliphatic heterocycles. The fraction of sp³-hybridized carbons (Fsp3) is 0.316. The first-order valence-electron chi connectivity index (χ1n) is 8.47. The van der Waals surface area contributed by atoms with E-state index in [4.69, 9.17) is 9.47 Å². The van der Waals surface area contributed by atoms with Gasteiger partial charge in [-0.15, -0.1) is 0 Å². The van der Waals surface area contributed by atoms with E-state index in [0.717, 1.165) is 12.8 Å². The number of carbonyl (C=O) groups excluding carboxylic acids is 1. The number of carbonyl (C=O) groups is 1. The van der Waals surface area contributed by atoms with Gasteiger partial charge in [-0.3, -0.25) is 14.9 Å². The number of nitro groups is 1. The fourth-order valence-electron chi connectivity index (χ4n) is 2.77. The molecule has 1 saturated heterocycles. The summed E-state index contributed by atoms with van der Waals surface area (Å²) >= 11 is 0. The quantitative estimate of drug-likeness (QED) is 0.671. The molecule has 0 aromatic heterocycles. The summed E-state index contributed by atoms with van der Waals surface area (Å²) in [4.78, 5) is 22.6. The first-order valence-corrected chi connectivity index (χ1v) is 8.47. The molecule has 0 spiro atoms. The van der Waals surface area contributed by atoms with Gasteiger partial charge in [0.05, 0.1) is 24.2 Å². The van der Waals surface area contributed by atoms with Crippen molar-refractivity contribution >= 4 is 11.6 Å². The number of nitro benzene ring substituents is 1. The Bertz CT molecular complexity index is 748. The van der Waals surface area contributed by atoms with Crippen molar-refractivity contribution in [2.24, 2.45) is 0 Å². The number of nitrogens with one attached hydrogen (secondary N) is 1. The van der Waals surface area contributed by atoms with Gasteiger partial charge in [-0.25, -0.2) is 0 Å². The molecule has 0 radical (unpaired) electrons. The highest BCUT2D eigenvalue weighted by Gasteiger charge is 2.21. The molecule has 1 N–H and O–H groups in total. The van der Waals surface area contributed by atoms with Crippen LogP contribution >= 0.6 is 0 Å². The van der Waals surface area contributed by atoms with E-state index in [9.17, 15) is 14.9 Å². The van der Waals surface area contributed by atoms with Crippen LogP contribution in [0.4, 0.5) is 5.69 Å². The average molecular weight is 356 g/mol. The van der Waals surface area contributed by atoms with Crippen LogP contribution in [-0.4, -0.2) is 30.1 Å². The number of hydrogen-bond acceptors (Lipinski definition) is 5. The fourth-order valence-corrected chi connectivity index (χ4v) is 2.77. The molecule has 1 fully saturated rings. The lowest BCUT2D eigenvalue weighted by molar-refractivity contribution is -0.384. The summed E-state index contributed by atoms with van der Waals surface area (Å²) < 4.78 is 11.5. The molecule has 7 heteroatoms. The highest BCUT2D eigenvalue weighted by atomic mass is 16.7. The monoisotopic (exact) mass is 356 g/mol. The van der Waals surface area contributed by atoms with Gasteiger partial charge in [0.2, 0.25) is 0 Å². The molecule has 2 aromatic rings. The molecule has 0 bridgehead atoms. The van der Waals surface area contributed by atoms with Gasteiger partial charge in [-0.1, -0.05) is 18.2 Å². The Labute approximate surface area is 151 Å². The maximum Gasteiger partial charge on any atom is 0.269 e. The van der Waals surface area contributed by atoms with Crippen LogP contribution in [0.3, 0.4) is 0 Å². The first-order chi connectivity index (χ1) is 12.6. The molecular weight excluding hydrogens is 336 g/mol. The van der Waals surface area contributed by atoms with Crippen molar-refractivity contribution < 1.29 is 19.2 Å². The summed E-state index contributed by atoms with van der Waals surface area (Å²) in [6, 6.07) is 15.0. The maximum atomic E-state index is 12.3. The lowest BCUT2D eigenvalue weighted by atomic mass is 10.1. The zero-order chi connectivity index (χ0) is 18.4. The van der Waals surface area contributed by atoms with Crippen molar-refractivity contribution in [1.29, 1.82) is 0 Å². The second-order valence-corrected chi connectivity index (χ2v) is 6.06. The molecule has 1 heterocycles.